The number of thioether (sulfide) groups is 1. The predicted octanol–water partition coefficient (Wildman–Crippen LogP) is 1.65. The first-order chi connectivity index (χ1) is 9.20. The van der Waals surface area contributed by atoms with Crippen LogP contribution < -0.4 is 5.73 Å². The number of oxime groups is 1. The highest BCUT2D eigenvalue weighted by Crippen LogP contribution is 2.38. The highest BCUT2D eigenvalue weighted by molar-refractivity contribution is 7.99. The van der Waals surface area contributed by atoms with E-state index in [9.17, 15) is 4.79 Å². The fourth-order valence-electron chi connectivity index (χ4n) is 3.08. The summed E-state index contributed by atoms with van der Waals surface area (Å²) < 4.78 is 0. The lowest BCUT2D eigenvalue weighted by Crippen LogP contribution is -2.52. The second kappa shape index (κ2) is 6.50. The largest absolute Gasteiger partial charge is 0.409 e. The van der Waals surface area contributed by atoms with Crippen LogP contribution in [0.25, 0.3) is 0 Å². The number of nitrogens with two attached hydrogens (primary N) is 1. The highest BCUT2D eigenvalue weighted by Gasteiger charge is 2.46. The molecule has 0 unspecified atom stereocenters. The zero-order valence-electron chi connectivity index (χ0n) is 11.3. The summed E-state index contributed by atoms with van der Waals surface area (Å²) in [4.78, 5) is 14.8. The number of carbonyl (C=O) groups is 1. The van der Waals surface area contributed by atoms with Crippen LogP contribution in [0.5, 0.6) is 0 Å². The van der Waals surface area contributed by atoms with Gasteiger partial charge in [0.2, 0.25) is 5.91 Å². The third-order valence-electron chi connectivity index (χ3n) is 4.22. The van der Waals surface area contributed by atoms with E-state index in [-0.39, 0.29) is 11.7 Å². The van der Waals surface area contributed by atoms with E-state index in [1.807, 2.05) is 16.7 Å². The average Bonchev–Trinajstić information content (AvgIpc) is 2.75. The first kappa shape index (κ1) is 14.5. The van der Waals surface area contributed by atoms with E-state index in [0.717, 1.165) is 50.3 Å². The lowest BCUT2D eigenvalue weighted by molar-refractivity contribution is -0.139. The molecule has 6 heteroatoms. The summed E-state index contributed by atoms with van der Waals surface area (Å²) in [6.45, 7) is 1.58. The van der Waals surface area contributed by atoms with Crippen molar-refractivity contribution in [3.63, 3.8) is 0 Å². The molecule has 0 spiro atoms. The molecule has 1 saturated heterocycles. The molecule has 1 saturated carbocycles. The van der Waals surface area contributed by atoms with Gasteiger partial charge in [-0.1, -0.05) is 24.4 Å². The van der Waals surface area contributed by atoms with Crippen molar-refractivity contribution in [2.45, 2.75) is 38.5 Å². The second-order valence-electron chi connectivity index (χ2n) is 5.39. The number of amidine groups is 1. The summed E-state index contributed by atoms with van der Waals surface area (Å²) >= 11 is 1.89. The lowest BCUT2D eigenvalue weighted by atomic mass is 9.72. The Morgan fingerprint density at radius 2 is 1.89 bits per heavy atom. The minimum absolute atomic E-state index is 0.0741. The summed E-state index contributed by atoms with van der Waals surface area (Å²) in [6, 6.07) is 0. The van der Waals surface area contributed by atoms with E-state index in [0.29, 0.717) is 12.8 Å². The monoisotopic (exact) mass is 285 g/mol. The Morgan fingerprint density at radius 3 is 2.58 bits per heavy atom. The van der Waals surface area contributed by atoms with Gasteiger partial charge in [-0.2, -0.15) is 11.8 Å². The van der Waals surface area contributed by atoms with Crippen LogP contribution in [0.15, 0.2) is 5.16 Å². The summed E-state index contributed by atoms with van der Waals surface area (Å²) in [6.07, 6.45) is 5.54. The molecule has 0 aromatic heterocycles. The van der Waals surface area contributed by atoms with Gasteiger partial charge in [-0.3, -0.25) is 4.79 Å². The van der Waals surface area contributed by atoms with Crippen molar-refractivity contribution in [1.29, 1.82) is 0 Å². The van der Waals surface area contributed by atoms with E-state index in [2.05, 4.69) is 5.16 Å². The van der Waals surface area contributed by atoms with Crippen LogP contribution in [0.1, 0.15) is 38.5 Å². The molecule has 108 valence electrons. The van der Waals surface area contributed by atoms with Crippen molar-refractivity contribution in [3.05, 3.63) is 0 Å². The Kier molecular flexibility index (Phi) is 4.96. The number of nitrogens with zero attached hydrogens (tertiary/aromatic N) is 2. The van der Waals surface area contributed by atoms with Crippen LogP contribution in [-0.4, -0.2) is 46.4 Å². The third-order valence-corrected chi connectivity index (χ3v) is 5.27. The molecule has 19 heavy (non-hydrogen) atoms. The van der Waals surface area contributed by atoms with Crippen LogP contribution in [0.3, 0.4) is 0 Å². The number of rotatable bonds is 2. The van der Waals surface area contributed by atoms with E-state index in [4.69, 9.17) is 10.9 Å². The molecule has 1 aliphatic carbocycles. The van der Waals surface area contributed by atoms with Crippen molar-refractivity contribution in [2.75, 3.05) is 24.6 Å². The predicted molar refractivity (Wildman–Crippen MR) is 77.4 cm³/mol. The summed E-state index contributed by atoms with van der Waals surface area (Å²) in [7, 11) is 0. The van der Waals surface area contributed by atoms with Gasteiger partial charge in [-0.15, -0.1) is 0 Å². The minimum atomic E-state index is -0.748. The normalized spacial score (nSPS) is 24.8. The molecule has 2 fully saturated rings. The SMILES string of the molecule is NC(=NO)C1(C(=O)N2CCCSCC2)CCCCC1. The first-order valence-corrected chi connectivity index (χ1v) is 8.21. The van der Waals surface area contributed by atoms with E-state index in [1.54, 1.807) is 0 Å². The quantitative estimate of drug-likeness (QED) is 0.350. The molecule has 0 radical (unpaired) electrons. The van der Waals surface area contributed by atoms with Gasteiger partial charge in [-0.05, 0) is 25.0 Å². The van der Waals surface area contributed by atoms with Crippen molar-refractivity contribution in [1.82, 2.24) is 4.90 Å². The molecule has 0 bridgehead atoms. The van der Waals surface area contributed by atoms with Crippen molar-refractivity contribution in [2.24, 2.45) is 16.3 Å². The number of amides is 1. The third kappa shape index (κ3) is 2.99. The Morgan fingerprint density at radius 1 is 1.16 bits per heavy atom. The zero-order valence-corrected chi connectivity index (χ0v) is 12.1. The first-order valence-electron chi connectivity index (χ1n) is 7.06. The van der Waals surface area contributed by atoms with Crippen LogP contribution in [0.2, 0.25) is 0 Å². The topological polar surface area (TPSA) is 78.9 Å². The minimum Gasteiger partial charge on any atom is -0.409 e. The van der Waals surface area contributed by atoms with Gasteiger partial charge in [0, 0.05) is 18.8 Å². The number of hydrogen-bond acceptors (Lipinski definition) is 4. The smallest absolute Gasteiger partial charge is 0.236 e. The number of carbonyl (C=O) groups excluding carboxylic acids is 1. The standard InChI is InChI=1S/C13H23N3O2S/c14-11(15-18)13(5-2-1-3-6-13)12(17)16-7-4-9-19-10-8-16/h18H,1-10H2,(H2,14,15). The Hall–Kier alpha value is -0.910. The maximum Gasteiger partial charge on any atom is 0.236 e. The van der Waals surface area contributed by atoms with Crippen LogP contribution in [0.4, 0.5) is 0 Å². The van der Waals surface area contributed by atoms with Gasteiger partial charge in [0.15, 0.2) is 5.84 Å². The highest BCUT2D eigenvalue weighted by atomic mass is 32.2. The molecule has 0 aromatic rings. The molecular formula is C13H23N3O2S. The maximum atomic E-state index is 12.9. The summed E-state index contributed by atoms with van der Waals surface area (Å²) in [5, 5.41) is 12.2. The van der Waals surface area contributed by atoms with Gasteiger partial charge in [-0.25, -0.2) is 0 Å². The summed E-state index contributed by atoms with van der Waals surface area (Å²) in [5.41, 5.74) is 5.13. The van der Waals surface area contributed by atoms with Crippen molar-refractivity contribution in [3.8, 4) is 0 Å². The molecule has 1 amide bonds. The van der Waals surface area contributed by atoms with Crippen LogP contribution in [-0.2, 0) is 4.79 Å². The number of hydrogen-bond donors (Lipinski definition) is 2. The molecular weight excluding hydrogens is 262 g/mol. The Balaban J connectivity index is 2.19. The van der Waals surface area contributed by atoms with Gasteiger partial charge >= 0.3 is 0 Å². The fourth-order valence-corrected chi connectivity index (χ4v) is 3.97. The van der Waals surface area contributed by atoms with E-state index < -0.39 is 5.41 Å². The molecule has 3 N–H and O–H groups in total. The molecule has 0 atom stereocenters. The molecule has 2 aliphatic rings. The molecule has 5 nitrogen and oxygen atoms in total. The average molecular weight is 285 g/mol. The lowest BCUT2D eigenvalue weighted by Gasteiger charge is -2.38. The van der Waals surface area contributed by atoms with Gasteiger partial charge in [0.1, 0.15) is 5.41 Å². The van der Waals surface area contributed by atoms with Gasteiger partial charge in [0.25, 0.3) is 0 Å². The van der Waals surface area contributed by atoms with Crippen molar-refractivity contribution >= 4 is 23.5 Å². The van der Waals surface area contributed by atoms with Gasteiger partial charge in [0.05, 0.1) is 0 Å². The molecule has 1 heterocycles. The van der Waals surface area contributed by atoms with Crippen LogP contribution >= 0.6 is 11.8 Å². The fraction of sp³-hybridized carbons (Fsp3) is 0.846. The Bertz CT molecular complexity index is 346. The summed E-state index contributed by atoms with van der Waals surface area (Å²) in [5.74, 6) is 2.28. The zero-order chi connectivity index (χ0) is 13.7. The van der Waals surface area contributed by atoms with Crippen molar-refractivity contribution < 1.29 is 10.0 Å². The van der Waals surface area contributed by atoms with Gasteiger partial charge < -0.3 is 15.8 Å². The Labute approximate surface area is 118 Å². The van der Waals surface area contributed by atoms with E-state index in [1.165, 1.54) is 0 Å². The second-order valence-corrected chi connectivity index (χ2v) is 6.61. The molecule has 1 aliphatic heterocycles. The maximum absolute atomic E-state index is 12.9. The molecule has 2 rings (SSSR count). The van der Waals surface area contributed by atoms with E-state index >= 15 is 0 Å². The van der Waals surface area contributed by atoms with Crippen LogP contribution in [0, 0.1) is 5.41 Å². The molecule has 0 aromatic carbocycles.